The molecule has 0 saturated heterocycles. The number of hydrogen-bond donors (Lipinski definition) is 2. The molecule has 1 heterocycles. The number of rotatable bonds is 5. The van der Waals surface area contributed by atoms with E-state index in [1.54, 1.807) is 20.8 Å². The Hall–Kier alpha value is -2.12. The van der Waals surface area contributed by atoms with Crippen LogP contribution in [0.15, 0.2) is 6.20 Å². The molecule has 0 spiro atoms. The first-order chi connectivity index (χ1) is 9.76. The van der Waals surface area contributed by atoms with Gasteiger partial charge in [-0.2, -0.15) is 4.98 Å². The highest BCUT2D eigenvalue weighted by atomic mass is 19.1. The van der Waals surface area contributed by atoms with Gasteiger partial charge in [-0.15, -0.1) is 0 Å². The number of nitrogens with zero attached hydrogens (tertiary/aromatic N) is 3. The van der Waals surface area contributed by atoms with Crippen molar-refractivity contribution in [1.29, 1.82) is 0 Å². The highest BCUT2D eigenvalue weighted by Crippen LogP contribution is 2.14. The summed E-state index contributed by atoms with van der Waals surface area (Å²) in [7, 11) is 0. The average molecular weight is 299 g/mol. The van der Waals surface area contributed by atoms with Crippen molar-refractivity contribution in [3.63, 3.8) is 0 Å². The van der Waals surface area contributed by atoms with E-state index in [9.17, 15) is 9.18 Å². The third kappa shape index (κ3) is 5.41. The number of anilines is 2. The quantitative estimate of drug-likeness (QED) is 0.812. The van der Waals surface area contributed by atoms with Crippen LogP contribution in [0.1, 0.15) is 34.6 Å². The first-order valence-electron chi connectivity index (χ1n) is 6.79. The second kappa shape index (κ2) is 7.05. The largest absolute Gasteiger partial charge is 0.443 e. The Morgan fingerprint density at radius 1 is 1.38 bits per heavy atom. The Labute approximate surface area is 123 Å². The molecule has 2 N–H and O–H groups in total. The molecule has 0 unspecified atom stereocenters. The van der Waals surface area contributed by atoms with Gasteiger partial charge in [0.05, 0.1) is 6.20 Å². The summed E-state index contributed by atoms with van der Waals surface area (Å²) in [6.07, 6.45) is 0.338. The zero-order chi connectivity index (χ0) is 16.0. The van der Waals surface area contributed by atoms with Crippen LogP contribution >= 0.6 is 0 Å². The number of amides is 1. The van der Waals surface area contributed by atoms with Crippen LogP contribution in [0.2, 0.25) is 0 Å². The molecule has 8 heteroatoms. The number of ether oxygens (including phenoxy) is 1. The van der Waals surface area contributed by atoms with Gasteiger partial charge in [0.1, 0.15) is 5.60 Å². The molecule has 0 radical (unpaired) electrons. The van der Waals surface area contributed by atoms with Gasteiger partial charge in [0.25, 0.3) is 0 Å². The molecule has 0 aromatic carbocycles. The van der Waals surface area contributed by atoms with Crippen LogP contribution in [0.5, 0.6) is 0 Å². The van der Waals surface area contributed by atoms with Gasteiger partial charge in [-0.3, -0.25) is 5.43 Å². The predicted molar refractivity (Wildman–Crippen MR) is 78.5 cm³/mol. The number of carbonyl (C=O) groups excluding carboxylic acids is 1. The van der Waals surface area contributed by atoms with Gasteiger partial charge in [-0.25, -0.2) is 19.6 Å². The van der Waals surface area contributed by atoms with Gasteiger partial charge in [0.2, 0.25) is 5.95 Å². The molecular formula is C13H22FN5O2. The Balaban J connectivity index is 2.74. The van der Waals surface area contributed by atoms with E-state index in [0.717, 1.165) is 6.20 Å². The van der Waals surface area contributed by atoms with E-state index in [4.69, 9.17) is 4.74 Å². The molecule has 0 bridgehead atoms. The van der Waals surface area contributed by atoms with Crippen LogP contribution < -0.4 is 15.8 Å². The van der Waals surface area contributed by atoms with E-state index < -0.39 is 17.5 Å². The normalized spacial score (nSPS) is 11.0. The summed E-state index contributed by atoms with van der Waals surface area (Å²) in [6.45, 7) is 10.5. The standard InChI is InChI=1S/C13H22FN5O2/c1-6-19(7-2)11-15-8-9(14)10(16-11)17-18-12(20)21-13(3,4)5/h8H,6-7H2,1-5H3,(H,18,20)(H,15,16,17). The summed E-state index contributed by atoms with van der Waals surface area (Å²) in [5.74, 6) is -0.394. The highest BCUT2D eigenvalue weighted by molar-refractivity contribution is 5.69. The smallest absolute Gasteiger partial charge is 0.426 e. The number of carbonyl (C=O) groups is 1. The summed E-state index contributed by atoms with van der Waals surface area (Å²) < 4.78 is 18.7. The van der Waals surface area contributed by atoms with Crippen LogP contribution in [0.4, 0.5) is 21.0 Å². The number of hydrogen-bond acceptors (Lipinski definition) is 6. The van der Waals surface area contributed by atoms with Crippen LogP contribution in [0, 0.1) is 5.82 Å². The Bertz CT molecular complexity index is 486. The monoisotopic (exact) mass is 299 g/mol. The molecule has 0 saturated carbocycles. The van der Waals surface area contributed by atoms with Gasteiger partial charge in [-0.1, -0.05) is 0 Å². The minimum atomic E-state index is -0.718. The molecule has 21 heavy (non-hydrogen) atoms. The molecule has 0 atom stereocenters. The van der Waals surface area contributed by atoms with Crippen LogP contribution in [-0.4, -0.2) is 34.8 Å². The molecule has 1 aromatic heterocycles. The maximum atomic E-state index is 13.6. The Kier molecular flexibility index (Phi) is 5.69. The van der Waals surface area contributed by atoms with E-state index in [-0.39, 0.29) is 5.82 Å². The fourth-order valence-corrected chi connectivity index (χ4v) is 1.52. The van der Waals surface area contributed by atoms with E-state index in [2.05, 4.69) is 20.8 Å². The first-order valence-corrected chi connectivity index (χ1v) is 6.79. The highest BCUT2D eigenvalue weighted by Gasteiger charge is 2.17. The Morgan fingerprint density at radius 2 is 2.00 bits per heavy atom. The molecule has 1 aromatic rings. The molecule has 7 nitrogen and oxygen atoms in total. The van der Waals surface area contributed by atoms with Crippen LogP contribution in [0.25, 0.3) is 0 Å². The molecule has 0 aliphatic carbocycles. The van der Waals surface area contributed by atoms with Crippen molar-refractivity contribution >= 4 is 17.9 Å². The lowest BCUT2D eigenvalue weighted by atomic mass is 10.2. The van der Waals surface area contributed by atoms with Gasteiger partial charge in [0, 0.05) is 13.1 Å². The van der Waals surface area contributed by atoms with Crippen molar-refractivity contribution < 1.29 is 13.9 Å². The van der Waals surface area contributed by atoms with Crippen molar-refractivity contribution in [2.45, 2.75) is 40.2 Å². The van der Waals surface area contributed by atoms with Gasteiger partial charge in [-0.05, 0) is 34.6 Å². The predicted octanol–water partition coefficient (Wildman–Crippen LogP) is 2.31. The zero-order valence-electron chi connectivity index (χ0n) is 13.0. The molecule has 1 rings (SSSR count). The van der Waals surface area contributed by atoms with Gasteiger partial charge >= 0.3 is 6.09 Å². The summed E-state index contributed by atoms with van der Waals surface area (Å²) >= 11 is 0. The fourth-order valence-electron chi connectivity index (χ4n) is 1.52. The summed E-state index contributed by atoms with van der Waals surface area (Å²) in [5, 5.41) is 0. The third-order valence-corrected chi connectivity index (χ3v) is 2.46. The maximum Gasteiger partial charge on any atom is 0.426 e. The van der Waals surface area contributed by atoms with E-state index in [0.29, 0.717) is 19.0 Å². The van der Waals surface area contributed by atoms with Gasteiger partial charge in [0.15, 0.2) is 11.6 Å². The van der Waals surface area contributed by atoms with Crippen molar-refractivity contribution in [2.24, 2.45) is 0 Å². The second-order valence-electron chi connectivity index (χ2n) is 5.29. The molecule has 118 valence electrons. The molecule has 0 aliphatic heterocycles. The lowest BCUT2D eigenvalue weighted by Crippen LogP contribution is -2.36. The molecule has 0 aliphatic rings. The second-order valence-corrected chi connectivity index (χ2v) is 5.29. The third-order valence-electron chi connectivity index (χ3n) is 2.46. The number of halogens is 1. The lowest BCUT2D eigenvalue weighted by molar-refractivity contribution is 0.0540. The minimum absolute atomic E-state index is 0.113. The summed E-state index contributed by atoms with van der Waals surface area (Å²) in [5.41, 5.74) is 4.00. The number of nitrogens with one attached hydrogen (secondary N) is 2. The van der Waals surface area contributed by atoms with Crippen molar-refractivity contribution in [3.8, 4) is 0 Å². The van der Waals surface area contributed by atoms with Crippen LogP contribution in [0.3, 0.4) is 0 Å². The topological polar surface area (TPSA) is 79.4 Å². The molecule has 1 amide bonds. The minimum Gasteiger partial charge on any atom is -0.443 e. The molecular weight excluding hydrogens is 277 g/mol. The summed E-state index contributed by atoms with van der Waals surface area (Å²) in [6, 6.07) is 0. The first kappa shape index (κ1) is 16.9. The van der Waals surface area contributed by atoms with Crippen molar-refractivity contribution in [1.82, 2.24) is 15.4 Å². The van der Waals surface area contributed by atoms with E-state index in [1.807, 2.05) is 18.7 Å². The SMILES string of the molecule is CCN(CC)c1ncc(F)c(NNC(=O)OC(C)(C)C)n1. The number of hydrazine groups is 1. The average Bonchev–Trinajstić information content (AvgIpc) is 2.38. The summed E-state index contributed by atoms with van der Waals surface area (Å²) in [4.78, 5) is 21.3. The maximum absolute atomic E-state index is 13.6. The fraction of sp³-hybridized carbons (Fsp3) is 0.615. The van der Waals surface area contributed by atoms with E-state index >= 15 is 0 Å². The Morgan fingerprint density at radius 3 is 2.52 bits per heavy atom. The van der Waals surface area contributed by atoms with Crippen molar-refractivity contribution in [2.75, 3.05) is 23.4 Å². The zero-order valence-corrected chi connectivity index (χ0v) is 13.0. The van der Waals surface area contributed by atoms with Crippen molar-refractivity contribution in [3.05, 3.63) is 12.0 Å². The lowest BCUT2D eigenvalue weighted by Gasteiger charge is -2.21. The van der Waals surface area contributed by atoms with E-state index in [1.165, 1.54) is 0 Å². The molecule has 0 fully saturated rings. The van der Waals surface area contributed by atoms with Gasteiger partial charge < -0.3 is 9.64 Å². The number of aromatic nitrogens is 2. The van der Waals surface area contributed by atoms with Crippen LogP contribution in [-0.2, 0) is 4.74 Å².